The van der Waals surface area contributed by atoms with E-state index in [0.717, 1.165) is 24.1 Å². The third-order valence-electron chi connectivity index (χ3n) is 4.72. The van der Waals surface area contributed by atoms with E-state index in [1.807, 2.05) is 37.4 Å². The number of hydrogen-bond acceptors (Lipinski definition) is 3. The van der Waals surface area contributed by atoms with Crippen LogP contribution < -0.4 is 10.6 Å². The molecule has 3 N–H and O–H groups in total. The molecule has 0 saturated heterocycles. The Morgan fingerprint density at radius 1 is 1.12 bits per heavy atom. The van der Waals surface area contributed by atoms with Gasteiger partial charge in [0.15, 0.2) is 0 Å². The maximum atomic E-state index is 10.8. The van der Waals surface area contributed by atoms with Gasteiger partial charge in [0.05, 0.1) is 10.0 Å². The number of fused-ring (bicyclic) bond motifs is 1. The van der Waals surface area contributed by atoms with Crippen LogP contribution in [0.2, 0.25) is 10.0 Å². The Balaban J connectivity index is 1.97. The Kier molecular flexibility index (Phi) is 5.52. The van der Waals surface area contributed by atoms with Crippen molar-refractivity contribution in [1.29, 1.82) is 0 Å². The molecule has 4 nitrogen and oxygen atoms in total. The molecule has 0 amide bonds. The second-order valence-electron chi connectivity index (χ2n) is 6.24. The number of benzene rings is 2. The minimum absolute atomic E-state index is 0.0980. The number of nitrogens with one attached hydrogen (secondary N) is 2. The lowest BCUT2D eigenvalue weighted by molar-refractivity contribution is -0.134. The molecule has 6 heteroatoms. The topological polar surface area (TPSA) is 61.4 Å². The van der Waals surface area contributed by atoms with Crippen LogP contribution in [-0.2, 0) is 4.79 Å². The maximum absolute atomic E-state index is 10.8. The van der Waals surface area contributed by atoms with Gasteiger partial charge in [0, 0.05) is 17.6 Å². The van der Waals surface area contributed by atoms with Gasteiger partial charge in [-0.2, -0.15) is 0 Å². The minimum atomic E-state index is -0.878. The van der Waals surface area contributed by atoms with Crippen molar-refractivity contribution >= 4 is 34.9 Å². The summed E-state index contributed by atoms with van der Waals surface area (Å²) in [5.74, 6) is -0.625. The van der Waals surface area contributed by atoms with Crippen molar-refractivity contribution in [2.45, 2.75) is 24.8 Å². The van der Waals surface area contributed by atoms with Crippen molar-refractivity contribution in [3.63, 3.8) is 0 Å². The minimum Gasteiger partial charge on any atom is -0.480 e. The van der Waals surface area contributed by atoms with Crippen LogP contribution in [0.25, 0.3) is 0 Å². The molecule has 0 aromatic heterocycles. The second kappa shape index (κ2) is 7.65. The number of anilines is 1. The highest BCUT2D eigenvalue weighted by Gasteiger charge is 2.28. The fraction of sp³-hybridized carbons (Fsp3) is 0.316. The monoisotopic (exact) mass is 378 g/mol. The summed E-state index contributed by atoms with van der Waals surface area (Å²) in [6, 6.07) is 12.1. The van der Waals surface area contributed by atoms with Gasteiger partial charge in [-0.3, -0.25) is 4.79 Å². The molecule has 0 fully saturated rings. The highest BCUT2D eigenvalue weighted by molar-refractivity contribution is 6.42. The SMILES string of the molecule is CN[C@H]1CCC(c2ccc(Cl)c(Cl)c2)c2ccc(NCC(=O)O)cc21. The Hall–Kier alpha value is -1.75. The van der Waals surface area contributed by atoms with Crippen LogP contribution in [0.4, 0.5) is 5.69 Å². The van der Waals surface area contributed by atoms with E-state index in [1.165, 1.54) is 11.1 Å². The highest BCUT2D eigenvalue weighted by Crippen LogP contribution is 2.43. The summed E-state index contributed by atoms with van der Waals surface area (Å²) in [5, 5.41) is 16.3. The summed E-state index contributed by atoms with van der Waals surface area (Å²) in [7, 11) is 1.95. The van der Waals surface area contributed by atoms with Gasteiger partial charge in [0.2, 0.25) is 0 Å². The summed E-state index contributed by atoms with van der Waals surface area (Å²) >= 11 is 12.3. The van der Waals surface area contributed by atoms with E-state index < -0.39 is 5.97 Å². The van der Waals surface area contributed by atoms with Crippen molar-refractivity contribution in [2.75, 3.05) is 18.9 Å². The first-order valence-electron chi connectivity index (χ1n) is 8.21. The molecular formula is C19H20Cl2N2O2. The van der Waals surface area contributed by atoms with Crippen molar-refractivity contribution in [3.8, 4) is 0 Å². The predicted molar refractivity (Wildman–Crippen MR) is 102 cm³/mol. The van der Waals surface area contributed by atoms with E-state index >= 15 is 0 Å². The molecule has 2 atom stereocenters. The van der Waals surface area contributed by atoms with E-state index in [1.54, 1.807) is 0 Å². The molecule has 132 valence electrons. The van der Waals surface area contributed by atoms with Gasteiger partial charge in [0.25, 0.3) is 0 Å². The molecule has 3 rings (SSSR count). The van der Waals surface area contributed by atoms with Gasteiger partial charge >= 0.3 is 5.97 Å². The average Bonchev–Trinajstić information content (AvgIpc) is 2.61. The largest absolute Gasteiger partial charge is 0.480 e. The number of carboxylic acid groups (broad SMARTS) is 1. The van der Waals surface area contributed by atoms with E-state index in [0.29, 0.717) is 10.0 Å². The molecule has 0 radical (unpaired) electrons. The van der Waals surface area contributed by atoms with E-state index in [2.05, 4.69) is 16.7 Å². The zero-order chi connectivity index (χ0) is 18.0. The Morgan fingerprint density at radius 2 is 1.92 bits per heavy atom. The number of halogens is 2. The molecule has 1 unspecified atom stereocenters. The van der Waals surface area contributed by atoms with Crippen LogP contribution in [0.3, 0.4) is 0 Å². The highest BCUT2D eigenvalue weighted by atomic mass is 35.5. The first-order chi connectivity index (χ1) is 12.0. The van der Waals surface area contributed by atoms with Gasteiger partial charge in [0.1, 0.15) is 6.54 Å². The normalized spacial score (nSPS) is 19.3. The molecule has 0 heterocycles. The van der Waals surface area contributed by atoms with Gasteiger partial charge in [-0.15, -0.1) is 0 Å². The summed E-state index contributed by atoms with van der Waals surface area (Å²) in [6.07, 6.45) is 2.01. The molecule has 0 aliphatic heterocycles. The Morgan fingerprint density at radius 3 is 2.60 bits per heavy atom. The van der Waals surface area contributed by atoms with Gasteiger partial charge in [-0.1, -0.05) is 35.3 Å². The summed E-state index contributed by atoms with van der Waals surface area (Å²) in [6.45, 7) is -0.0980. The van der Waals surface area contributed by atoms with Crippen LogP contribution >= 0.6 is 23.2 Å². The number of carbonyl (C=O) groups is 1. The molecule has 2 aromatic rings. The van der Waals surface area contributed by atoms with Crippen LogP contribution in [-0.4, -0.2) is 24.7 Å². The first-order valence-corrected chi connectivity index (χ1v) is 8.97. The maximum Gasteiger partial charge on any atom is 0.322 e. The van der Waals surface area contributed by atoms with Gasteiger partial charge < -0.3 is 15.7 Å². The molecule has 0 spiro atoms. The molecule has 1 aliphatic carbocycles. The summed E-state index contributed by atoms with van der Waals surface area (Å²) < 4.78 is 0. The van der Waals surface area contributed by atoms with E-state index in [4.69, 9.17) is 28.3 Å². The van der Waals surface area contributed by atoms with Gasteiger partial charge in [-0.25, -0.2) is 0 Å². The van der Waals surface area contributed by atoms with Crippen molar-refractivity contribution in [1.82, 2.24) is 5.32 Å². The Labute approximate surface area is 157 Å². The standard InChI is InChI=1S/C19H20Cl2N2O2/c1-22-18-7-5-13(11-2-6-16(20)17(21)8-11)14-4-3-12(9-15(14)18)23-10-19(24)25/h2-4,6,8-9,13,18,22-23H,5,7,10H2,1H3,(H,24,25)/t13?,18-/m0/s1. The second-order valence-corrected chi connectivity index (χ2v) is 7.05. The number of aliphatic carboxylic acids is 1. The molecule has 25 heavy (non-hydrogen) atoms. The van der Waals surface area contributed by atoms with E-state index in [9.17, 15) is 4.79 Å². The van der Waals surface area contributed by atoms with Crippen LogP contribution in [0.15, 0.2) is 36.4 Å². The lowest BCUT2D eigenvalue weighted by Crippen LogP contribution is -2.24. The van der Waals surface area contributed by atoms with E-state index in [-0.39, 0.29) is 18.5 Å². The molecule has 2 aromatic carbocycles. The smallest absolute Gasteiger partial charge is 0.322 e. The summed E-state index contributed by atoms with van der Waals surface area (Å²) in [5.41, 5.74) is 4.40. The fourth-order valence-electron chi connectivity index (χ4n) is 3.50. The Bertz CT molecular complexity index is 795. The third-order valence-corrected chi connectivity index (χ3v) is 5.46. The average molecular weight is 379 g/mol. The molecular weight excluding hydrogens is 359 g/mol. The molecule has 0 saturated carbocycles. The number of hydrogen-bond donors (Lipinski definition) is 3. The van der Waals surface area contributed by atoms with Gasteiger partial charge in [-0.05, 0) is 60.8 Å². The van der Waals surface area contributed by atoms with Crippen LogP contribution in [0.1, 0.15) is 41.5 Å². The number of carboxylic acids is 1. The lowest BCUT2D eigenvalue weighted by Gasteiger charge is -2.32. The van der Waals surface area contributed by atoms with Crippen LogP contribution in [0, 0.1) is 0 Å². The number of rotatable bonds is 5. The lowest BCUT2D eigenvalue weighted by atomic mass is 9.76. The molecule has 0 bridgehead atoms. The van der Waals surface area contributed by atoms with Crippen molar-refractivity contribution < 1.29 is 9.90 Å². The first kappa shape index (κ1) is 18.1. The quantitative estimate of drug-likeness (QED) is 0.706. The molecule has 1 aliphatic rings. The third kappa shape index (κ3) is 3.92. The van der Waals surface area contributed by atoms with Crippen LogP contribution in [0.5, 0.6) is 0 Å². The van der Waals surface area contributed by atoms with Crippen molar-refractivity contribution in [3.05, 3.63) is 63.1 Å². The zero-order valence-electron chi connectivity index (χ0n) is 13.9. The summed E-state index contributed by atoms with van der Waals surface area (Å²) in [4.78, 5) is 10.8. The fourth-order valence-corrected chi connectivity index (χ4v) is 3.81. The van der Waals surface area contributed by atoms with Crippen molar-refractivity contribution in [2.24, 2.45) is 0 Å². The zero-order valence-corrected chi connectivity index (χ0v) is 15.4. The predicted octanol–water partition coefficient (Wildman–Crippen LogP) is 4.68.